The zero-order valence-electron chi connectivity index (χ0n) is 18.4. The number of aliphatic hydroxyl groups is 1. The van der Waals surface area contributed by atoms with Gasteiger partial charge in [-0.1, -0.05) is 25.1 Å². The average molecular weight is 420 g/mol. The summed E-state index contributed by atoms with van der Waals surface area (Å²) in [6.07, 6.45) is 3.99. The van der Waals surface area contributed by atoms with Crippen molar-refractivity contribution in [2.45, 2.75) is 52.6 Å². The molecule has 2 saturated carbocycles. The lowest BCUT2D eigenvalue weighted by Gasteiger charge is -2.19. The summed E-state index contributed by atoms with van der Waals surface area (Å²) in [5.41, 5.74) is 5.37. The van der Waals surface area contributed by atoms with Crippen LogP contribution in [-0.4, -0.2) is 26.9 Å². The minimum atomic E-state index is -0.357. The summed E-state index contributed by atoms with van der Waals surface area (Å²) in [5.74, 6) is 1.82. The van der Waals surface area contributed by atoms with E-state index >= 15 is 0 Å². The summed E-state index contributed by atoms with van der Waals surface area (Å²) in [4.78, 5) is 12.6. The van der Waals surface area contributed by atoms with Crippen LogP contribution in [0.15, 0.2) is 41.4 Å². The highest BCUT2D eigenvalue weighted by atomic mass is 19.1. The molecule has 5 atom stereocenters. The molecule has 5 heteroatoms. The lowest BCUT2D eigenvalue weighted by atomic mass is 9.88. The first kappa shape index (κ1) is 20.4. The van der Waals surface area contributed by atoms with Gasteiger partial charge in [0.05, 0.1) is 28.5 Å². The number of benzene rings is 1. The van der Waals surface area contributed by atoms with Gasteiger partial charge in [-0.3, -0.25) is 4.99 Å². The highest BCUT2D eigenvalue weighted by molar-refractivity contribution is 6.00. The molecular weight excluding hydrogens is 389 g/mol. The van der Waals surface area contributed by atoms with Crippen molar-refractivity contribution in [3.05, 3.63) is 59.2 Å². The lowest BCUT2D eigenvalue weighted by molar-refractivity contribution is 0.103. The Labute approximate surface area is 182 Å². The number of aryl methyl sites for hydroxylation is 1. The number of hydrogen-bond acceptors (Lipinski definition) is 3. The number of H-pyrrole nitrogens is 1. The Bertz CT molecular complexity index is 1150. The Morgan fingerprint density at radius 2 is 2.06 bits per heavy atom. The molecule has 0 aliphatic heterocycles. The summed E-state index contributed by atoms with van der Waals surface area (Å²) < 4.78 is 14.9. The standard InChI is InChI=1S/C26H30FN3O/c1-14-6-4-5-7-21(14)28-16(3)26-20(27)13-23-22(30-26)12-18(29-23)11-17-10-15(2)25-19(17)8-9-24(25)31/h4-7,12-13,15,17,19,24-25,29,31H,8-11H2,1-3H3/b28-16+. The number of aromatic nitrogens is 2. The van der Waals surface area contributed by atoms with E-state index in [1.165, 1.54) is 6.07 Å². The predicted octanol–water partition coefficient (Wildman–Crippen LogP) is 5.74. The monoisotopic (exact) mass is 419 g/mol. The maximum Gasteiger partial charge on any atom is 0.152 e. The van der Waals surface area contributed by atoms with Gasteiger partial charge in [-0.15, -0.1) is 0 Å². The first-order valence-electron chi connectivity index (χ1n) is 11.4. The molecule has 31 heavy (non-hydrogen) atoms. The van der Waals surface area contributed by atoms with E-state index in [-0.39, 0.29) is 11.9 Å². The molecule has 0 spiro atoms. The maximum absolute atomic E-state index is 14.9. The van der Waals surface area contributed by atoms with E-state index in [4.69, 9.17) is 0 Å². The largest absolute Gasteiger partial charge is 0.393 e. The van der Waals surface area contributed by atoms with Gasteiger partial charge in [-0.2, -0.15) is 0 Å². The number of aliphatic hydroxyl groups excluding tert-OH is 1. The fourth-order valence-corrected chi connectivity index (χ4v) is 6.08. The molecule has 0 amide bonds. The molecule has 2 heterocycles. The molecule has 3 aromatic rings. The molecule has 0 bridgehead atoms. The van der Waals surface area contributed by atoms with Crippen LogP contribution in [0.25, 0.3) is 11.0 Å². The molecule has 0 saturated heterocycles. The minimum Gasteiger partial charge on any atom is -0.393 e. The summed E-state index contributed by atoms with van der Waals surface area (Å²) >= 11 is 0. The van der Waals surface area contributed by atoms with Gasteiger partial charge >= 0.3 is 0 Å². The van der Waals surface area contributed by atoms with Crippen molar-refractivity contribution in [2.24, 2.45) is 28.7 Å². The molecule has 1 aromatic carbocycles. The fraction of sp³-hybridized carbons (Fsp3) is 0.462. The number of para-hydroxylation sites is 1. The molecular formula is C26H30FN3O. The number of nitrogens with zero attached hydrogens (tertiary/aromatic N) is 2. The van der Waals surface area contributed by atoms with E-state index in [0.717, 1.165) is 53.7 Å². The number of pyridine rings is 1. The Hall–Kier alpha value is -2.53. The van der Waals surface area contributed by atoms with Gasteiger partial charge in [0.15, 0.2) is 5.82 Å². The molecule has 2 fully saturated rings. The van der Waals surface area contributed by atoms with Crippen molar-refractivity contribution < 1.29 is 9.50 Å². The Morgan fingerprint density at radius 3 is 2.87 bits per heavy atom. The van der Waals surface area contributed by atoms with E-state index < -0.39 is 0 Å². The van der Waals surface area contributed by atoms with Crippen molar-refractivity contribution in [3.63, 3.8) is 0 Å². The molecule has 5 rings (SSSR count). The van der Waals surface area contributed by atoms with Gasteiger partial charge in [-0.25, -0.2) is 9.37 Å². The minimum absolute atomic E-state index is 0.137. The van der Waals surface area contributed by atoms with Gasteiger partial charge in [0, 0.05) is 11.8 Å². The number of fused-ring (bicyclic) bond motifs is 2. The summed E-state index contributed by atoms with van der Waals surface area (Å²) in [7, 11) is 0. The topological polar surface area (TPSA) is 61.3 Å². The van der Waals surface area contributed by atoms with Gasteiger partial charge in [0.2, 0.25) is 0 Å². The van der Waals surface area contributed by atoms with Crippen molar-refractivity contribution in [1.29, 1.82) is 0 Å². The number of nitrogens with one attached hydrogen (secondary N) is 1. The summed E-state index contributed by atoms with van der Waals surface area (Å²) in [6.45, 7) is 6.08. The third kappa shape index (κ3) is 3.69. The van der Waals surface area contributed by atoms with Crippen LogP contribution in [-0.2, 0) is 6.42 Å². The molecule has 162 valence electrons. The third-order valence-corrected chi connectivity index (χ3v) is 7.51. The number of aliphatic imine (C=N–C) groups is 1. The molecule has 0 radical (unpaired) electrons. The highest BCUT2D eigenvalue weighted by Crippen LogP contribution is 2.51. The normalized spacial score (nSPS) is 28.4. The molecule has 2 aliphatic rings. The third-order valence-electron chi connectivity index (χ3n) is 7.51. The van der Waals surface area contributed by atoms with Crippen LogP contribution in [0.1, 0.15) is 50.1 Å². The van der Waals surface area contributed by atoms with Crippen LogP contribution in [0.4, 0.5) is 10.1 Å². The summed E-state index contributed by atoms with van der Waals surface area (Å²) in [5, 5.41) is 10.3. The fourth-order valence-electron chi connectivity index (χ4n) is 6.08. The molecule has 5 unspecified atom stereocenters. The second kappa shape index (κ2) is 7.86. The van der Waals surface area contributed by atoms with E-state index in [2.05, 4.69) is 28.0 Å². The van der Waals surface area contributed by atoms with Gasteiger partial charge < -0.3 is 10.1 Å². The van der Waals surface area contributed by atoms with Gasteiger partial charge in [0.25, 0.3) is 0 Å². The number of hydrogen-bond donors (Lipinski definition) is 2. The molecule has 2 N–H and O–H groups in total. The van der Waals surface area contributed by atoms with Gasteiger partial charge in [-0.05, 0) is 80.9 Å². The van der Waals surface area contributed by atoms with E-state index in [9.17, 15) is 9.50 Å². The second-order valence-electron chi connectivity index (χ2n) is 9.59. The van der Waals surface area contributed by atoms with E-state index in [1.54, 1.807) is 0 Å². The van der Waals surface area contributed by atoms with Crippen molar-refractivity contribution in [1.82, 2.24) is 9.97 Å². The van der Waals surface area contributed by atoms with Crippen molar-refractivity contribution >= 4 is 22.4 Å². The van der Waals surface area contributed by atoms with Crippen LogP contribution >= 0.6 is 0 Å². The quantitative estimate of drug-likeness (QED) is 0.530. The Morgan fingerprint density at radius 1 is 1.26 bits per heavy atom. The summed E-state index contributed by atoms with van der Waals surface area (Å²) in [6, 6.07) is 11.4. The smallest absolute Gasteiger partial charge is 0.152 e. The highest BCUT2D eigenvalue weighted by Gasteiger charge is 2.47. The van der Waals surface area contributed by atoms with Crippen LogP contribution in [0, 0.1) is 36.4 Å². The Balaban J connectivity index is 1.42. The molecule has 4 nitrogen and oxygen atoms in total. The SMILES string of the molecule is C/C(=N\c1ccccc1C)c1nc2cc(CC3CC(C)C4C(O)CCC34)[nH]c2cc1F. The number of aromatic amines is 1. The number of halogens is 1. The second-order valence-corrected chi connectivity index (χ2v) is 9.59. The molecule has 2 aromatic heterocycles. The average Bonchev–Trinajstić information content (AvgIpc) is 3.39. The lowest BCUT2D eigenvalue weighted by Crippen LogP contribution is -2.20. The van der Waals surface area contributed by atoms with Crippen molar-refractivity contribution in [3.8, 4) is 0 Å². The van der Waals surface area contributed by atoms with Crippen LogP contribution < -0.4 is 0 Å². The zero-order valence-corrected chi connectivity index (χ0v) is 18.4. The maximum atomic E-state index is 14.9. The van der Waals surface area contributed by atoms with Crippen molar-refractivity contribution in [2.75, 3.05) is 0 Å². The van der Waals surface area contributed by atoms with Gasteiger partial charge in [0.1, 0.15) is 5.69 Å². The first-order valence-corrected chi connectivity index (χ1v) is 11.4. The van der Waals surface area contributed by atoms with Crippen LogP contribution in [0.3, 0.4) is 0 Å². The van der Waals surface area contributed by atoms with E-state index in [0.29, 0.717) is 35.1 Å². The van der Waals surface area contributed by atoms with Crippen LogP contribution in [0.5, 0.6) is 0 Å². The number of rotatable bonds is 4. The molecule has 2 aliphatic carbocycles. The zero-order chi connectivity index (χ0) is 21.7. The predicted molar refractivity (Wildman–Crippen MR) is 122 cm³/mol. The first-order chi connectivity index (χ1) is 14.9. The Kier molecular flexibility index (Phi) is 5.17. The van der Waals surface area contributed by atoms with Crippen LogP contribution in [0.2, 0.25) is 0 Å². The van der Waals surface area contributed by atoms with E-state index in [1.807, 2.05) is 38.1 Å².